The van der Waals surface area contributed by atoms with Crippen LogP contribution in [0.5, 0.6) is 0 Å². The fourth-order valence-electron chi connectivity index (χ4n) is 2.70. The normalized spacial score (nSPS) is 17.3. The van der Waals surface area contributed by atoms with Crippen LogP contribution in [0.2, 0.25) is 0 Å². The Balaban J connectivity index is 1.96. The van der Waals surface area contributed by atoms with Crippen molar-refractivity contribution in [2.75, 3.05) is 7.05 Å². The number of benzene rings is 1. The number of aldehydes is 1. The molecule has 1 aromatic carbocycles. The third-order valence-corrected chi connectivity index (χ3v) is 3.72. The van der Waals surface area contributed by atoms with Gasteiger partial charge < -0.3 is 0 Å². The molecule has 1 aromatic rings. The van der Waals surface area contributed by atoms with E-state index in [4.69, 9.17) is 0 Å². The SMILES string of the molecule is CN(Cc1cccc(C=O)c1)C1CCCCC1. The molecule has 2 heteroatoms. The monoisotopic (exact) mass is 231 g/mol. The van der Waals surface area contributed by atoms with Crippen LogP contribution in [-0.2, 0) is 6.54 Å². The number of rotatable bonds is 4. The first-order valence-corrected chi connectivity index (χ1v) is 6.54. The van der Waals surface area contributed by atoms with Crippen LogP contribution >= 0.6 is 0 Å². The van der Waals surface area contributed by atoms with E-state index in [9.17, 15) is 4.79 Å². The van der Waals surface area contributed by atoms with Crippen molar-refractivity contribution in [3.63, 3.8) is 0 Å². The molecule has 0 spiro atoms. The Morgan fingerprint density at radius 3 is 2.76 bits per heavy atom. The summed E-state index contributed by atoms with van der Waals surface area (Å²) < 4.78 is 0. The average molecular weight is 231 g/mol. The molecule has 0 aliphatic heterocycles. The molecule has 1 aliphatic carbocycles. The maximum atomic E-state index is 10.7. The number of nitrogens with zero attached hydrogens (tertiary/aromatic N) is 1. The Kier molecular flexibility index (Phi) is 4.32. The molecule has 0 radical (unpaired) electrons. The first kappa shape index (κ1) is 12.3. The number of carbonyl (C=O) groups excluding carboxylic acids is 1. The van der Waals surface area contributed by atoms with Crippen molar-refractivity contribution in [3.05, 3.63) is 35.4 Å². The zero-order valence-electron chi connectivity index (χ0n) is 10.6. The molecule has 0 unspecified atom stereocenters. The fourth-order valence-corrected chi connectivity index (χ4v) is 2.70. The van der Waals surface area contributed by atoms with Gasteiger partial charge in [0.05, 0.1) is 0 Å². The molecule has 2 rings (SSSR count). The molecular weight excluding hydrogens is 210 g/mol. The molecule has 0 atom stereocenters. The van der Waals surface area contributed by atoms with Gasteiger partial charge in [0.15, 0.2) is 0 Å². The minimum Gasteiger partial charge on any atom is -0.299 e. The third-order valence-electron chi connectivity index (χ3n) is 3.72. The summed E-state index contributed by atoms with van der Waals surface area (Å²) in [5.74, 6) is 0. The van der Waals surface area contributed by atoms with Crippen LogP contribution < -0.4 is 0 Å². The zero-order valence-corrected chi connectivity index (χ0v) is 10.6. The highest BCUT2D eigenvalue weighted by Crippen LogP contribution is 2.22. The predicted molar refractivity (Wildman–Crippen MR) is 70.2 cm³/mol. The molecular formula is C15H21NO. The molecule has 0 amide bonds. The first-order chi connectivity index (χ1) is 8.29. The van der Waals surface area contributed by atoms with Crippen LogP contribution in [0.25, 0.3) is 0 Å². The van der Waals surface area contributed by atoms with Gasteiger partial charge in [-0.05, 0) is 31.5 Å². The zero-order chi connectivity index (χ0) is 12.1. The molecule has 0 N–H and O–H groups in total. The average Bonchev–Trinajstić information content (AvgIpc) is 2.40. The van der Waals surface area contributed by atoms with Gasteiger partial charge in [-0.25, -0.2) is 0 Å². The molecule has 1 fully saturated rings. The lowest BCUT2D eigenvalue weighted by molar-refractivity contribution is 0.112. The van der Waals surface area contributed by atoms with Crippen molar-refractivity contribution in [1.82, 2.24) is 4.90 Å². The van der Waals surface area contributed by atoms with Gasteiger partial charge in [0, 0.05) is 18.2 Å². The molecule has 92 valence electrons. The van der Waals surface area contributed by atoms with Gasteiger partial charge in [-0.1, -0.05) is 37.5 Å². The van der Waals surface area contributed by atoms with Crippen molar-refractivity contribution in [1.29, 1.82) is 0 Å². The van der Waals surface area contributed by atoms with E-state index in [1.54, 1.807) is 0 Å². The van der Waals surface area contributed by atoms with E-state index in [0.717, 1.165) is 24.4 Å². The smallest absolute Gasteiger partial charge is 0.150 e. The van der Waals surface area contributed by atoms with Gasteiger partial charge in [0.25, 0.3) is 0 Å². The second-order valence-electron chi connectivity index (χ2n) is 5.07. The Labute approximate surface area is 104 Å². The summed E-state index contributed by atoms with van der Waals surface area (Å²) in [5.41, 5.74) is 2.02. The summed E-state index contributed by atoms with van der Waals surface area (Å²) in [6.45, 7) is 0.951. The van der Waals surface area contributed by atoms with Crippen LogP contribution in [0.15, 0.2) is 24.3 Å². The van der Waals surface area contributed by atoms with Gasteiger partial charge in [0.1, 0.15) is 6.29 Å². The van der Waals surface area contributed by atoms with Crippen LogP contribution in [0.4, 0.5) is 0 Å². The minimum atomic E-state index is 0.726. The highest BCUT2D eigenvalue weighted by molar-refractivity contribution is 5.74. The van der Waals surface area contributed by atoms with E-state index in [-0.39, 0.29) is 0 Å². The summed E-state index contributed by atoms with van der Waals surface area (Å²) in [7, 11) is 2.20. The van der Waals surface area contributed by atoms with Gasteiger partial charge in [0.2, 0.25) is 0 Å². The van der Waals surface area contributed by atoms with Crippen LogP contribution in [0.3, 0.4) is 0 Å². The second kappa shape index (κ2) is 5.97. The first-order valence-electron chi connectivity index (χ1n) is 6.54. The molecule has 0 bridgehead atoms. The summed E-state index contributed by atoms with van der Waals surface area (Å²) >= 11 is 0. The maximum Gasteiger partial charge on any atom is 0.150 e. The van der Waals surface area contributed by atoms with Crippen molar-refractivity contribution < 1.29 is 4.79 Å². The van der Waals surface area contributed by atoms with Crippen molar-refractivity contribution in [2.24, 2.45) is 0 Å². The third kappa shape index (κ3) is 3.40. The van der Waals surface area contributed by atoms with Gasteiger partial charge in [-0.2, -0.15) is 0 Å². The van der Waals surface area contributed by atoms with E-state index in [0.29, 0.717) is 0 Å². The summed E-state index contributed by atoms with van der Waals surface area (Å²) in [4.78, 5) is 13.2. The van der Waals surface area contributed by atoms with Crippen LogP contribution in [0, 0.1) is 0 Å². The van der Waals surface area contributed by atoms with Crippen molar-refractivity contribution in [3.8, 4) is 0 Å². The maximum absolute atomic E-state index is 10.7. The van der Waals surface area contributed by atoms with E-state index in [1.807, 2.05) is 18.2 Å². The summed E-state index contributed by atoms with van der Waals surface area (Å²) in [6, 6.07) is 8.65. The lowest BCUT2D eigenvalue weighted by Crippen LogP contribution is -2.32. The highest BCUT2D eigenvalue weighted by atomic mass is 16.1. The van der Waals surface area contributed by atoms with E-state index >= 15 is 0 Å². The lowest BCUT2D eigenvalue weighted by Gasteiger charge is -2.31. The quantitative estimate of drug-likeness (QED) is 0.741. The van der Waals surface area contributed by atoms with E-state index in [2.05, 4.69) is 18.0 Å². The van der Waals surface area contributed by atoms with Gasteiger partial charge in [-0.3, -0.25) is 9.69 Å². The fraction of sp³-hybridized carbons (Fsp3) is 0.533. The largest absolute Gasteiger partial charge is 0.299 e. The lowest BCUT2D eigenvalue weighted by atomic mass is 9.94. The molecule has 0 aromatic heterocycles. The Morgan fingerprint density at radius 2 is 2.06 bits per heavy atom. The topological polar surface area (TPSA) is 20.3 Å². The van der Waals surface area contributed by atoms with Gasteiger partial charge >= 0.3 is 0 Å². The molecule has 0 heterocycles. The molecule has 1 aliphatic rings. The van der Waals surface area contributed by atoms with Crippen molar-refractivity contribution in [2.45, 2.75) is 44.7 Å². The minimum absolute atomic E-state index is 0.726. The van der Waals surface area contributed by atoms with E-state index in [1.165, 1.54) is 37.7 Å². The second-order valence-corrected chi connectivity index (χ2v) is 5.07. The molecule has 0 saturated heterocycles. The van der Waals surface area contributed by atoms with Crippen molar-refractivity contribution >= 4 is 6.29 Å². The van der Waals surface area contributed by atoms with Gasteiger partial charge in [-0.15, -0.1) is 0 Å². The van der Waals surface area contributed by atoms with Crippen LogP contribution in [0.1, 0.15) is 48.0 Å². The van der Waals surface area contributed by atoms with E-state index < -0.39 is 0 Å². The predicted octanol–water partition coefficient (Wildman–Crippen LogP) is 3.26. The Hall–Kier alpha value is -1.15. The number of hydrogen-bond donors (Lipinski definition) is 0. The Morgan fingerprint density at radius 1 is 1.29 bits per heavy atom. The highest BCUT2D eigenvalue weighted by Gasteiger charge is 2.17. The number of carbonyl (C=O) groups is 1. The molecule has 2 nitrogen and oxygen atoms in total. The Bertz CT molecular complexity index is 369. The summed E-state index contributed by atoms with van der Waals surface area (Å²) in [6.07, 6.45) is 7.69. The standard InChI is InChI=1S/C15H21NO/c1-16(15-8-3-2-4-9-15)11-13-6-5-7-14(10-13)12-17/h5-7,10,12,15H,2-4,8-9,11H2,1H3. The number of hydrogen-bond acceptors (Lipinski definition) is 2. The molecule has 17 heavy (non-hydrogen) atoms. The molecule has 1 saturated carbocycles. The summed E-state index contributed by atoms with van der Waals surface area (Å²) in [5, 5.41) is 0. The van der Waals surface area contributed by atoms with Crippen LogP contribution in [-0.4, -0.2) is 24.3 Å².